The Morgan fingerprint density at radius 3 is 2.48 bits per heavy atom. The largest absolute Gasteiger partial charge is 0.382 e. The molecule has 1 aliphatic rings. The molecule has 0 atom stereocenters. The summed E-state index contributed by atoms with van der Waals surface area (Å²) in [6, 6.07) is 5.83. The molecule has 27 heavy (non-hydrogen) atoms. The Morgan fingerprint density at radius 2 is 1.89 bits per heavy atom. The summed E-state index contributed by atoms with van der Waals surface area (Å²) < 4.78 is 28.3. The Kier molecular flexibility index (Phi) is 5.51. The second-order valence-corrected chi connectivity index (χ2v) is 8.55. The molecule has 8 nitrogen and oxygen atoms in total. The lowest BCUT2D eigenvalue weighted by Crippen LogP contribution is -2.32. The van der Waals surface area contributed by atoms with E-state index in [1.54, 1.807) is 0 Å². The summed E-state index contributed by atoms with van der Waals surface area (Å²) in [5.74, 6) is -0.743. The third kappa shape index (κ3) is 3.69. The number of rotatable bonds is 3. The van der Waals surface area contributed by atoms with Gasteiger partial charge in [-0.15, -0.1) is 0 Å². The minimum Gasteiger partial charge on any atom is -0.382 e. The highest BCUT2D eigenvalue weighted by Crippen LogP contribution is 2.28. The lowest BCUT2D eigenvalue weighted by molar-refractivity contribution is 0.0948. The molecule has 1 saturated heterocycles. The molecule has 142 valence electrons. The zero-order chi connectivity index (χ0) is 19.6. The van der Waals surface area contributed by atoms with Crippen molar-refractivity contribution in [3.63, 3.8) is 0 Å². The Balaban J connectivity index is 2.00. The smallest absolute Gasteiger partial charge is 0.280 e. The molecule has 0 spiro atoms. The first kappa shape index (κ1) is 19.4. The minimum absolute atomic E-state index is 0.0435. The number of halogens is 1. The predicted octanol–water partition coefficient (Wildman–Crippen LogP) is 2.24. The van der Waals surface area contributed by atoms with Crippen LogP contribution in [0.2, 0.25) is 5.02 Å². The van der Waals surface area contributed by atoms with E-state index in [2.05, 4.69) is 5.10 Å². The molecule has 1 fully saturated rings. The molecular weight excluding hydrogens is 390 g/mol. The third-order valence-electron chi connectivity index (χ3n) is 4.48. The highest BCUT2D eigenvalue weighted by Gasteiger charge is 2.28. The van der Waals surface area contributed by atoms with Crippen LogP contribution in [-0.2, 0) is 10.0 Å². The average Bonchev–Trinajstić information content (AvgIpc) is 2.85. The number of aromatic nitrogens is 2. The predicted molar refractivity (Wildman–Crippen MR) is 99.8 cm³/mol. The van der Waals surface area contributed by atoms with E-state index in [1.165, 1.54) is 28.7 Å². The maximum absolute atomic E-state index is 13.0. The zero-order valence-corrected chi connectivity index (χ0v) is 16.0. The van der Waals surface area contributed by atoms with Crippen LogP contribution in [0.3, 0.4) is 0 Å². The van der Waals surface area contributed by atoms with Crippen molar-refractivity contribution in [3.8, 4) is 6.07 Å². The van der Waals surface area contributed by atoms with Gasteiger partial charge in [0.2, 0.25) is 10.0 Å². The molecule has 3 rings (SSSR count). The van der Waals surface area contributed by atoms with Crippen LogP contribution >= 0.6 is 11.6 Å². The quantitative estimate of drug-likeness (QED) is 0.832. The first-order valence-corrected chi connectivity index (χ1v) is 10.3. The average molecular weight is 408 g/mol. The number of nitrogens with zero attached hydrogens (tertiary/aromatic N) is 4. The molecule has 0 amide bonds. The molecule has 0 unspecified atom stereocenters. The van der Waals surface area contributed by atoms with Crippen LogP contribution in [-0.4, -0.2) is 41.5 Å². The standard InChI is InChI=1S/C17H18ClN5O3S/c18-14-6-5-12(17(24)23-16(20)13(10-19)11-21-23)9-15(14)27(25,26)22-7-3-1-2-4-8-22/h5-6,9,11H,1-4,7-8,20H2. The van der Waals surface area contributed by atoms with Crippen LogP contribution in [0.1, 0.15) is 41.6 Å². The van der Waals surface area contributed by atoms with Crippen molar-refractivity contribution in [2.24, 2.45) is 0 Å². The lowest BCUT2D eigenvalue weighted by atomic mass is 10.2. The summed E-state index contributed by atoms with van der Waals surface area (Å²) in [5.41, 5.74) is 5.87. The van der Waals surface area contributed by atoms with Gasteiger partial charge in [-0.05, 0) is 31.0 Å². The summed E-state index contributed by atoms with van der Waals surface area (Å²) in [6.45, 7) is 0.850. The number of nitrogens with two attached hydrogens (primary N) is 1. The van der Waals surface area contributed by atoms with Gasteiger partial charge >= 0.3 is 0 Å². The summed E-state index contributed by atoms with van der Waals surface area (Å²) >= 11 is 6.14. The van der Waals surface area contributed by atoms with Crippen molar-refractivity contribution in [2.75, 3.05) is 18.8 Å². The molecule has 1 aromatic heterocycles. The van der Waals surface area contributed by atoms with Crippen molar-refractivity contribution < 1.29 is 13.2 Å². The fraction of sp³-hybridized carbons (Fsp3) is 0.353. The molecule has 0 bridgehead atoms. The molecule has 0 saturated carbocycles. The Morgan fingerprint density at radius 1 is 1.22 bits per heavy atom. The summed E-state index contributed by atoms with van der Waals surface area (Å²) in [4.78, 5) is 12.6. The summed E-state index contributed by atoms with van der Waals surface area (Å²) in [7, 11) is -3.83. The van der Waals surface area contributed by atoms with Gasteiger partial charge in [0.25, 0.3) is 5.91 Å². The molecule has 10 heteroatoms. The van der Waals surface area contributed by atoms with Gasteiger partial charge in [-0.1, -0.05) is 24.4 Å². The van der Waals surface area contributed by atoms with E-state index in [0.29, 0.717) is 13.1 Å². The first-order valence-electron chi connectivity index (χ1n) is 8.44. The molecule has 2 aromatic rings. The van der Waals surface area contributed by atoms with Gasteiger partial charge in [0.15, 0.2) is 0 Å². The number of hydrogen-bond acceptors (Lipinski definition) is 6. The first-order chi connectivity index (χ1) is 12.9. The topological polar surface area (TPSA) is 122 Å². The van der Waals surface area contributed by atoms with E-state index >= 15 is 0 Å². The van der Waals surface area contributed by atoms with Crippen molar-refractivity contribution >= 4 is 33.3 Å². The number of nitrogen functional groups attached to an aromatic ring is 1. The summed E-state index contributed by atoms with van der Waals surface area (Å²) in [6.07, 6.45) is 4.72. The van der Waals surface area contributed by atoms with E-state index in [0.717, 1.165) is 30.4 Å². The minimum atomic E-state index is -3.83. The van der Waals surface area contributed by atoms with E-state index in [9.17, 15) is 13.2 Å². The van der Waals surface area contributed by atoms with Crippen molar-refractivity contribution in [1.82, 2.24) is 14.1 Å². The number of nitriles is 1. The normalized spacial score (nSPS) is 15.9. The molecule has 1 aromatic carbocycles. The molecule has 0 radical (unpaired) electrons. The van der Waals surface area contributed by atoms with E-state index in [4.69, 9.17) is 22.6 Å². The van der Waals surface area contributed by atoms with Gasteiger partial charge in [0.1, 0.15) is 22.3 Å². The van der Waals surface area contributed by atoms with Gasteiger partial charge in [-0.25, -0.2) is 8.42 Å². The Labute approximate surface area is 162 Å². The van der Waals surface area contributed by atoms with Gasteiger partial charge in [-0.3, -0.25) is 4.79 Å². The third-order valence-corrected chi connectivity index (χ3v) is 6.86. The number of benzene rings is 1. The van der Waals surface area contributed by atoms with Crippen molar-refractivity contribution in [1.29, 1.82) is 5.26 Å². The van der Waals surface area contributed by atoms with Crippen LogP contribution in [0.25, 0.3) is 0 Å². The molecule has 2 heterocycles. The fourth-order valence-corrected chi connectivity index (χ4v) is 5.00. The van der Waals surface area contributed by atoms with E-state index < -0.39 is 15.9 Å². The van der Waals surface area contributed by atoms with Crippen LogP contribution in [0.5, 0.6) is 0 Å². The highest BCUT2D eigenvalue weighted by atomic mass is 35.5. The van der Waals surface area contributed by atoms with Gasteiger partial charge in [-0.2, -0.15) is 19.3 Å². The summed E-state index contributed by atoms with van der Waals surface area (Å²) in [5, 5.41) is 12.8. The van der Waals surface area contributed by atoms with Gasteiger partial charge in [0, 0.05) is 18.7 Å². The number of hydrogen-bond donors (Lipinski definition) is 1. The van der Waals surface area contributed by atoms with Crippen LogP contribution in [0, 0.1) is 11.3 Å². The van der Waals surface area contributed by atoms with Crippen LogP contribution in [0.4, 0.5) is 5.82 Å². The molecule has 1 aliphatic heterocycles. The number of sulfonamides is 1. The monoisotopic (exact) mass is 407 g/mol. The number of anilines is 1. The van der Waals surface area contributed by atoms with Crippen LogP contribution < -0.4 is 5.73 Å². The molecule has 2 N–H and O–H groups in total. The maximum Gasteiger partial charge on any atom is 0.280 e. The SMILES string of the molecule is N#Cc1cnn(C(=O)c2ccc(Cl)c(S(=O)(=O)N3CCCCCC3)c2)c1N. The van der Waals surface area contributed by atoms with Crippen molar-refractivity contribution in [2.45, 2.75) is 30.6 Å². The van der Waals surface area contributed by atoms with Gasteiger partial charge in [0.05, 0.1) is 11.2 Å². The Bertz CT molecular complexity index is 1020. The second-order valence-electron chi connectivity index (χ2n) is 6.24. The molecule has 0 aliphatic carbocycles. The second kappa shape index (κ2) is 7.68. The van der Waals surface area contributed by atoms with E-state index in [-0.39, 0.29) is 26.9 Å². The highest BCUT2D eigenvalue weighted by molar-refractivity contribution is 7.89. The molecular formula is C17H18ClN5O3S. The zero-order valence-electron chi connectivity index (χ0n) is 14.4. The maximum atomic E-state index is 13.0. The Hall–Kier alpha value is -2.41. The fourth-order valence-electron chi connectivity index (χ4n) is 2.98. The van der Waals surface area contributed by atoms with E-state index in [1.807, 2.05) is 6.07 Å². The lowest BCUT2D eigenvalue weighted by Gasteiger charge is -2.21. The van der Waals surface area contributed by atoms with Crippen molar-refractivity contribution in [3.05, 3.63) is 40.5 Å². The van der Waals surface area contributed by atoms with Gasteiger partial charge < -0.3 is 5.73 Å². The van der Waals surface area contributed by atoms with Crippen LogP contribution in [0.15, 0.2) is 29.3 Å². The number of carbonyl (C=O) groups excluding carboxylic acids is 1. The number of carbonyl (C=O) groups is 1.